The van der Waals surface area contributed by atoms with Gasteiger partial charge in [0.05, 0.1) is 4.92 Å². The number of nitrogens with one attached hydrogen (secondary N) is 1. The fourth-order valence-corrected chi connectivity index (χ4v) is 2.09. The molecular weight excluding hydrogens is 324 g/mol. The second-order valence-corrected chi connectivity index (χ2v) is 5.35. The summed E-state index contributed by atoms with van der Waals surface area (Å²) >= 11 is 0. The van der Waals surface area contributed by atoms with Gasteiger partial charge in [-0.2, -0.15) is 0 Å². The standard InChI is InChI=1S/C18H18N2O5/c1-3-17(21)13-4-10-16(11-5-13)25-12(2)18(22)19-14-6-8-15(9-7-14)20(23)24/h4-12H,3H2,1-2H3,(H,19,22). The van der Waals surface area contributed by atoms with Crippen LogP contribution in [0.15, 0.2) is 48.5 Å². The van der Waals surface area contributed by atoms with Crippen LogP contribution in [0.4, 0.5) is 11.4 Å². The number of hydrogen-bond donors (Lipinski definition) is 1. The van der Waals surface area contributed by atoms with Gasteiger partial charge in [0.15, 0.2) is 11.9 Å². The number of rotatable bonds is 7. The van der Waals surface area contributed by atoms with E-state index in [1.54, 1.807) is 38.1 Å². The molecule has 1 unspecified atom stereocenters. The molecule has 0 aliphatic rings. The summed E-state index contributed by atoms with van der Waals surface area (Å²) in [5.41, 5.74) is 0.983. The Kier molecular flexibility index (Phi) is 5.84. The van der Waals surface area contributed by atoms with Crippen LogP contribution < -0.4 is 10.1 Å². The van der Waals surface area contributed by atoms with Gasteiger partial charge in [-0.3, -0.25) is 19.7 Å². The molecule has 7 heteroatoms. The van der Waals surface area contributed by atoms with E-state index in [1.807, 2.05) is 0 Å². The summed E-state index contributed by atoms with van der Waals surface area (Å²) in [6, 6.07) is 12.1. The molecule has 1 amide bonds. The molecule has 0 aromatic heterocycles. The number of amides is 1. The van der Waals surface area contributed by atoms with E-state index in [0.29, 0.717) is 23.4 Å². The average Bonchev–Trinajstić information content (AvgIpc) is 2.62. The SMILES string of the molecule is CCC(=O)c1ccc(OC(C)C(=O)Nc2ccc([N+](=O)[O-])cc2)cc1. The van der Waals surface area contributed by atoms with Crippen LogP contribution in [0, 0.1) is 10.1 Å². The van der Waals surface area contributed by atoms with Crippen LogP contribution >= 0.6 is 0 Å². The largest absolute Gasteiger partial charge is 0.481 e. The molecule has 0 aliphatic heterocycles. The van der Waals surface area contributed by atoms with Gasteiger partial charge in [-0.1, -0.05) is 6.92 Å². The molecule has 7 nitrogen and oxygen atoms in total. The van der Waals surface area contributed by atoms with Crippen molar-refractivity contribution in [2.24, 2.45) is 0 Å². The van der Waals surface area contributed by atoms with Crippen LogP contribution in [0.2, 0.25) is 0 Å². The van der Waals surface area contributed by atoms with Gasteiger partial charge in [-0.05, 0) is 43.3 Å². The Balaban J connectivity index is 1.95. The van der Waals surface area contributed by atoms with E-state index in [1.165, 1.54) is 24.3 Å². The second kappa shape index (κ2) is 8.05. The summed E-state index contributed by atoms with van der Waals surface area (Å²) < 4.78 is 5.55. The lowest BCUT2D eigenvalue weighted by Gasteiger charge is -2.15. The Hall–Kier alpha value is -3.22. The number of anilines is 1. The molecule has 1 atom stereocenters. The first-order valence-electron chi connectivity index (χ1n) is 7.76. The molecule has 0 aliphatic carbocycles. The zero-order chi connectivity index (χ0) is 18.4. The lowest BCUT2D eigenvalue weighted by atomic mass is 10.1. The first-order chi connectivity index (χ1) is 11.9. The van der Waals surface area contributed by atoms with E-state index in [4.69, 9.17) is 4.74 Å². The highest BCUT2D eigenvalue weighted by atomic mass is 16.6. The van der Waals surface area contributed by atoms with Crippen molar-refractivity contribution in [3.05, 3.63) is 64.2 Å². The maximum absolute atomic E-state index is 12.1. The van der Waals surface area contributed by atoms with Crippen LogP contribution in [0.25, 0.3) is 0 Å². The predicted octanol–water partition coefficient (Wildman–Crippen LogP) is 3.59. The van der Waals surface area contributed by atoms with E-state index in [0.717, 1.165) is 0 Å². The van der Waals surface area contributed by atoms with Crippen LogP contribution in [-0.4, -0.2) is 22.7 Å². The summed E-state index contributed by atoms with van der Waals surface area (Å²) in [6.45, 7) is 3.38. The molecule has 0 bridgehead atoms. The first-order valence-corrected chi connectivity index (χ1v) is 7.76. The Morgan fingerprint density at radius 2 is 1.72 bits per heavy atom. The van der Waals surface area contributed by atoms with Gasteiger partial charge in [0, 0.05) is 29.8 Å². The van der Waals surface area contributed by atoms with Gasteiger partial charge in [-0.25, -0.2) is 0 Å². The number of nitro benzene ring substituents is 1. The van der Waals surface area contributed by atoms with E-state index >= 15 is 0 Å². The average molecular weight is 342 g/mol. The van der Waals surface area contributed by atoms with Crippen molar-refractivity contribution in [3.8, 4) is 5.75 Å². The highest BCUT2D eigenvalue weighted by Crippen LogP contribution is 2.18. The fourth-order valence-electron chi connectivity index (χ4n) is 2.09. The molecule has 2 rings (SSSR count). The normalized spacial score (nSPS) is 11.4. The van der Waals surface area contributed by atoms with Gasteiger partial charge >= 0.3 is 0 Å². The molecular formula is C18H18N2O5. The van der Waals surface area contributed by atoms with Crippen LogP contribution in [0.1, 0.15) is 30.6 Å². The molecule has 2 aromatic carbocycles. The summed E-state index contributed by atoms with van der Waals surface area (Å²) in [7, 11) is 0. The molecule has 0 radical (unpaired) electrons. The number of carbonyl (C=O) groups is 2. The predicted molar refractivity (Wildman–Crippen MR) is 92.9 cm³/mol. The van der Waals surface area contributed by atoms with E-state index in [9.17, 15) is 19.7 Å². The van der Waals surface area contributed by atoms with E-state index in [2.05, 4.69) is 5.32 Å². The number of nitro groups is 1. The molecule has 130 valence electrons. The third kappa shape index (κ3) is 4.87. The number of ether oxygens (including phenoxy) is 1. The lowest BCUT2D eigenvalue weighted by molar-refractivity contribution is -0.384. The van der Waals surface area contributed by atoms with Crippen LogP contribution in [-0.2, 0) is 4.79 Å². The number of benzene rings is 2. The zero-order valence-corrected chi connectivity index (χ0v) is 13.9. The summed E-state index contributed by atoms with van der Waals surface area (Å²) in [5, 5.41) is 13.2. The smallest absolute Gasteiger partial charge is 0.269 e. The van der Waals surface area contributed by atoms with Crippen molar-refractivity contribution in [2.75, 3.05) is 5.32 Å². The second-order valence-electron chi connectivity index (χ2n) is 5.35. The molecule has 2 aromatic rings. The zero-order valence-electron chi connectivity index (χ0n) is 13.9. The van der Waals surface area contributed by atoms with Crippen LogP contribution in [0.3, 0.4) is 0 Å². The molecule has 25 heavy (non-hydrogen) atoms. The quantitative estimate of drug-likeness (QED) is 0.471. The third-order valence-corrected chi connectivity index (χ3v) is 3.53. The molecule has 0 spiro atoms. The topological polar surface area (TPSA) is 98.5 Å². The van der Waals surface area contributed by atoms with E-state index in [-0.39, 0.29) is 17.4 Å². The highest BCUT2D eigenvalue weighted by Gasteiger charge is 2.16. The van der Waals surface area contributed by atoms with Gasteiger partial charge in [0.2, 0.25) is 0 Å². The molecule has 0 heterocycles. The van der Waals surface area contributed by atoms with Gasteiger partial charge < -0.3 is 10.1 Å². The number of ketones is 1. The molecule has 0 saturated carbocycles. The van der Waals surface area contributed by atoms with Crippen molar-refractivity contribution in [2.45, 2.75) is 26.4 Å². The lowest BCUT2D eigenvalue weighted by Crippen LogP contribution is -2.30. The Morgan fingerprint density at radius 3 is 2.24 bits per heavy atom. The summed E-state index contributed by atoms with van der Waals surface area (Å²) in [4.78, 5) is 33.8. The minimum atomic E-state index is -0.775. The number of non-ortho nitro benzene ring substituents is 1. The molecule has 0 saturated heterocycles. The van der Waals surface area contributed by atoms with Crippen molar-refractivity contribution in [1.82, 2.24) is 0 Å². The number of hydrogen-bond acceptors (Lipinski definition) is 5. The third-order valence-electron chi connectivity index (χ3n) is 3.53. The van der Waals surface area contributed by atoms with Gasteiger partial charge in [0.1, 0.15) is 5.75 Å². The number of carbonyl (C=O) groups excluding carboxylic acids is 2. The van der Waals surface area contributed by atoms with Crippen LogP contribution in [0.5, 0.6) is 5.75 Å². The minimum absolute atomic E-state index is 0.0375. The Bertz CT molecular complexity index is 769. The maximum atomic E-state index is 12.1. The maximum Gasteiger partial charge on any atom is 0.269 e. The van der Waals surface area contributed by atoms with Gasteiger partial charge in [0.25, 0.3) is 11.6 Å². The summed E-state index contributed by atoms with van der Waals surface area (Å²) in [5.74, 6) is 0.122. The van der Waals surface area contributed by atoms with Crippen molar-refractivity contribution < 1.29 is 19.2 Å². The molecule has 0 fully saturated rings. The van der Waals surface area contributed by atoms with Crippen molar-refractivity contribution in [1.29, 1.82) is 0 Å². The van der Waals surface area contributed by atoms with Gasteiger partial charge in [-0.15, -0.1) is 0 Å². The van der Waals surface area contributed by atoms with Crippen molar-refractivity contribution >= 4 is 23.1 Å². The monoisotopic (exact) mass is 342 g/mol. The Morgan fingerprint density at radius 1 is 1.12 bits per heavy atom. The fraction of sp³-hybridized carbons (Fsp3) is 0.222. The molecule has 1 N–H and O–H groups in total. The first kappa shape index (κ1) is 18.1. The number of Topliss-reactive ketones (excluding diaryl/α,β-unsaturated/α-hetero) is 1. The Labute approximate surface area is 144 Å². The highest BCUT2D eigenvalue weighted by molar-refractivity contribution is 5.96. The minimum Gasteiger partial charge on any atom is -0.481 e. The van der Waals surface area contributed by atoms with E-state index < -0.39 is 11.0 Å². The summed E-state index contributed by atoms with van der Waals surface area (Å²) in [6.07, 6.45) is -0.350. The van der Waals surface area contributed by atoms with Crippen molar-refractivity contribution in [3.63, 3.8) is 0 Å². The number of nitrogens with zero attached hydrogens (tertiary/aromatic N) is 1.